The van der Waals surface area contributed by atoms with Gasteiger partial charge in [-0.2, -0.15) is 0 Å². The van der Waals surface area contributed by atoms with E-state index < -0.39 is 5.79 Å². The van der Waals surface area contributed by atoms with Gasteiger partial charge in [0.2, 0.25) is 11.5 Å². The van der Waals surface area contributed by atoms with Crippen LogP contribution in [-0.2, 0) is 23.7 Å². The summed E-state index contributed by atoms with van der Waals surface area (Å²) in [6, 6.07) is 11.1. The molecule has 7 heteroatoms. The molecule has 1 spiro atoms. The van der Waals surface area contributed by atoms with E-state index in [2.05, 4.69) is 42.2 Å². The zero-order chi connectivity index (χ0) is 21.8. The van der Waals surface area contributed by atoms with Crippen LogP contribution in [0.3, 0.4) is 0 Å². The van der Waals surface area contributed by atoms with Crippen molar-refractivity contribution in [1.82, 2.24) is 4.90 Å². The van der Waals surface area contributed by atoms with E-state index in [-0.39, 0.29) is 29.4 Å². The number of nitrogens with zero attached hydrogens (tertiary/aromatic N) is 1. The Hall–Kier alpha value is -1.96. The highest BCUT2D eigenvalue weighted by molar-refractivity contribution is 7.99. The summed E-state index contributed by atoms with van der Waals surface area (Å²) >= 11 is 1.93. The largest absolute Gasteiger partial charge is 0.492 e. The number of piperidine rings is 1. The molecule has 6 heterocycles. The Kier molecular flexibility index (Phi) is 3.86. The topological polar surface area (TPSA) is 57.2 Å². The van der Waals surface area contributed by atoms with E-state index in [1.807, 2.05) is 11.8 Å². The Labute approximate surface area is 191 Å². The molecule has 32 heavy (non-hydrogen) atoms. The second kappa shape index (κ2) is 6.33. The molecule has 6 nitrogen and oxygen atoms in total. The lowest BCUT2D eigenvalue weighted by atomic mass is 9.71. The third kappa shape index (κ3) is 2.09. The van der Waals surface area contributed by atoms with Crippen molar-refractivity contribution in [2.75, 3.05) is 19.4 Å². The summed E-state index contributed by atoms with van der Waals surface area (Å²) in [5.74, 6) is 2.35. The van der Waals surface area contributed by atoms with Gasteiger partial charge in [0, 0.05) is 28.5 Å². The Morgan fingerprint density at radius 2 is 2.09 bits per heavy atom. The number of benzene rings is 1. The molecular weight excluding hydrogens is 426 g/mol. The number of methoxy groups -OCH3 is 1. The lowest BCUT2D eigenvalue weighted by molar-refractivity contribution is -0.255. The molecular formula is C25H27NO5S. The van der Waals surface area contributed by atoms with Gasteiger partial charge in [0.05, 0.1) is 30.2 Å². The molecule has 0 aliphatic carbocycles. The fraction of sp³-hybridized carbons (Fsp3) is 0.560. The van der Waals surface area contributed by atoms with E-state index >= 15 is 0 Å². The van der Waals surface area contributed by atoms with Gasteiger partial charge >= 0.3 is 5.97 Å². The van der Waals surface area contributed by atoms with E-state index in [0.717, 1.165) is 30.9 Å². The molecule has 0 radical (unpaired) electrons. The van der Waals surface area contributed by atoms with Crippen molar-refractivity contribution in [2.45, 2.75) is 55.1 Å². The van der Waals surface area contributed by atoms with Crippen molar-refractivity contribution in [3.8, 4) is 0 Å². The lowest BCUT2D eigenvalue weighted by Gasteiger charge is -2.48. The van der Waals surface area contributed by atoms with Crippen LogP contribution >= 0.6 is 11.8 Å². The van der Waals surface area contributed by atoms with Crippen LogP contribution in [0.4, 0.5) is 0 Å². The molecule has 1 aromatic rings. The number of cyclic esters (lactones) is 1. The number of thioether (sulfide) groups is 1. The molecule has 1 aromatic carbocycles. The first-order valence-corrected chi connectivity index (χ1v) is 12.5. The summed E-state index contributed by atoms with van der Waals surface area (Å²) in [6.07, 6.45) is 2.33. The number of hydrogen-bond acceptors (Lipinski definition) is 7. The van der Waals surface area contributed by atoms with Crippen LogP contribution in [0, 0.1) is 17.8 Å². The maximum Gasteiger partial charge on any atom is 0.343 e. The smallest absolute Gasteiger partial charge is 0.343 e. The van der Waals surface area contributed by atoms with Crippen LogP contribution in [0.1, 0.15) is 26.7 Å². The van der Waals surface area contributed by atoms with Gasteiger partial charge in [0.1, 0.15) is 5.76 Å². The van der Waals surface area contributed by atoms with Crippen LogP contribution in [0.25, 0.3) is 0 Å². The number of fused-ring (bicyclic) bond motifs is 1. The van der Waals surface area contributed by atoms with Crippen molar-refractivity contribution in [2.24, 2.45) is 17.8 Å². The first kappa shape index (κ1) is 19.5. The molecule has 6 aliphatic rings. The molecule has 0 N–H and O–H groups in total. The van der Waals surface area contributed by atoms with Crippen molar-refractivity contribution in [1.29, 1.82) is 0 Å². The lowest BCUT2D eigenvalue weighted by Crippen LogP contribution is -2.62. The number of ether oxygens (including phenoxy) is 4. The first-order valence-electron chi connectivity index (χ1n) is 11.5. The van der Waals surface area contributed by atoms with E-state index in [1.165, 1.54) is 4.90 Å². The monoisotopic (exact) mass is 453 g/mol. The number of hydrogen-bond donors (Lipinski definition) is 0. The molecule has 5 bridgehead atoms. The molecule has 168 valence electrons. The Balaban J connectivity index is 1.28. The third-order valence-electron chi connectivity index (χ3n) is 8.81. The van der Waals surface area contributed by atoms with Crippen LogP contribution in [0.5, 0.6) is 0 Å². The molecule has 0 aromatic heterocycles. The standard InChI is InChI=1S/C25H27NO5S/c1-13-19-16-11-18-24(12-32-15-7-5-4-6-8-15)17(9-10-26(16)24)25(19,30-18)31-21(13)22-20(28-3)14(2)23(27)29-22/h4-8,13,16-19H,9-12H2,1-3H3/b22-21-/t13-,16-,17-,18+,19+,24-,25+/m0/s1. The van der Waals surface area contributed by atoms with Gasteiger partial charge in [-0.1, -0.05) is 25.1 Å². The maximum atomic E-state index is 12.3. The second-order valence-corrected chi connectivity index (χ2v) is 11.0. The Morgan fingerprint density at radius 3 is 2.88 bits per heavy atom. The highest BCUT2D eigenvalue weighted by Gasteiger charge is 2.84. The van der Waals surface area contributed by atoms with Gasteiger partial charge in [-0.05, 0) is 38.4 Å². The molecule has 7 rings (SSSR count). The number of carbonyl (C=O) groups excluding carboxylic acids is 1. The van der Waals surface area contributed by atoms with Crippen molar-refractivity contribution >= 4 is 17.7 Å². The molecule has 1 unspecified atom stereocenters. The molecule has 5 fully saturated rings. The molecule has 6 aliphatic heterocycles. The fourth-order valence-corrected chi connectivity index (χ4v) is 8.99. The minimum atomic E-state index is -0.624. The van der Waals surface area contributed by atoms with Gasteiger partial charge in [-0.25, -0.2) is 4.79 Å². The average Bonchev–Trinajstić information content (AvgIpc) is 3.51. The second-order valence-electron chi connectivity index (χ2n) is 9.92. The normalized spacial score (nSPS) is 47.3. The van der Waals surface area contributed by atoms with Gasteiger partial charge in [-0.3, -0.25) is 4.90 Å². The van der Waals surface area contributed by atoms with Crippen LogP contribution < -0.4 is 0 Å². The molecule has 8 atom stereocenters. The van der Waals surface area contributed by atoms with Crippen molar-refractivity contribution in [3.05, 3.63) is 53.2 Å². The predicted octanol–water partition coefficient (Wildman–Crippen LogP) is 3.69. The fourth-order valence-electron chi connectivity index (χ4n) is 7.69. The highest BCUT2D eigenvalue weighted by Crippen LogP contribution is 2.72. The Morgan fingerprint density at radius 1 is 1.28 bits per heavy atom. The number of rotatable bonds is 4. The van der Waals surface area contributed by atoms with Crippen LogP contribution in [0.15, 0.2) is 58.1 Å². The van der Waals surface area contributed by atoms with Gasteiger partial charge in [0.15, 0.2) is 5.76 Å². The van der Waals surface area contributed by atoms with Gasteiger partial charge in [0.25, 0.3) is 0 Å². The summed E-state index contributed by atoms with van der Waals surface area (Å²) in [5.41, 5.74) is 0.512. The summed E-state index contributed by atoms with van der Waals surface area (Å²) in [7, 11) is 1.58. The highest BCUT2D eigenvalue weighted by atomic mass is 32.2. The van der Waals surface area contributed by atoms with Gasteiger partial charge < -0.3 is 18.9 Å². The predicted molar refractivity (Wildman–Crippen MR) is 117 cm³/mol. The zero-order valence-corrected chi connectivity index (χ0v) is 19.3. The average molecular weight is 454 g/mol. The zero-order valence-electron chi connectivity index (χ0n) is 18.5. The summed E-state index contributed by atoms with van der Waals surface area (Å²) in [5, 5.41) is 0. The summed E-state index contributed by atoms with van der Waals surface area (Å²) in [6.45, 7) is 5.04. The summed E-state index contributed by atoms with van der Waals surface area (Å²) in [4.78, 5) is 16.3. The van der Waals surface area contributed by atoms with E-state index in [9.17, 15) is 4.79 Å². The molecule has 0 saturated carbocycles. The number of allylic oxidation sites excluding steroid dienone is 1. The first-order chi connectivity index (χ1) is 15.5. The Bertz CT molecular complexity index is 1090. The van der Waals surface area contributed by atoms with E-state index in [0.29, 0.717) is 29.1 Å². The maximum absolute atomic E-state index is 12.3. The molecule has 0 amide bonds. The third-order valence-corrected chi connectivity index (χ3v) is 10.0. The van der Waals surface area contributed by atoms with Crippen LogP contribution in [-0.4, -0.2) is 53.7 Å². The van der Waals surface area contributed by atoms with E-state index in [1.54, 1.807) is 14.0 Å². The minimum Gasteiger partial charge on any atom is -0.492 e. The number of esters is 1. The molecule has 5 saturated heterocycles. The minimum absolute atomic E-state index is 0.0176. The van der Waals surface area contributed by atoms with Gasteiger partial charge in [-0.15, -0.1) is 11.8 Å². The number of carbonyl (C=O) groups is 1. The van der Waals surface area contributed by atoms with Crippen LogP contribution in [0.2, 0.25) is 0 Å². The van der Waals surface area contributed by atoms with Crippen molar-refractivity contribution < 1.29 is 23.7 Å². The summed E-state index contributed by atoms with van der Waals surface area (Å²) < 4.78 is 24.9. The SMILES string of the molecule is COC1=C(C)C(=O)O/C1=C1\O[C@@]23O[C@@H]4C[C@@H]([C@H]2[C@@H]1C)N1CC[C@H]3[C@@]41CSc1ccccc1. The van der Waals surface area contributed by atoms with Crippen molar-refractivity contribution in [3.63, 3.8) is 0 Å². The van der Waals surface area contributed by atoms with E-state index in [4.69, 9.17) is 18.9 Å². The quantitative estimate of drug-likeness (QED) is 0.509.